The van der Waals surface area contributed by atoms with Gasteiger partial charge in [-0.25, -0.2) is 4.79 Å². The number of hydrogen-bond donors (Lipinski definition) is 2. The van der Waals surface area contributed by atoms with Crippen LogP contribution in [0.4, 0.5) is 0 Å². The third-order valence-electron chi connectivity index (χ3n) is 6.68. The van der Waals surface area contributed by atoms with Crippen molar-refractivity contribution in [2.45, 2.75) is 33.9 Å². The Labute approximate surface area is 292 Å². The molecule has 0 aliphatic heterocycles. The fourth-order valence-corrected chi connectivity index (χ4v) is 4.86. The molecule has 3 aromatic carbocycles. The van der Waals surface area contributed by atoms with Gasteiger partial charge in [-0.3, -0.25) is 28.3 Å². The molecule has 0 unspecified atom stereocenters. The minimum Gasteiger partial charge on any atom is -0.494 e. The highest BCUT2D eigenvalue weighted by molar-refractivity contribution is 7.71. The lowest BCUT2D eigenvalue weighted by Gasteiger charge is -2.17. The molecule has 0 atom stereocenters. The molecule has 0 saturated carbocycles. The summed E-state index contributed by atoms with van der Waals surface area (Å²) in [6, 6.07) is 24.8. The summed E-state index contributed by atoms with van der Waals surface area (Å²) >= 11 is 11.4. The van der Waals surface area contributed by atoms with Gasteiger partial charge < -0.3 is 24.6 Å². The van der Waals surface area contributed by atoms with Crippen LogP contribution in [0.3, 0.4) is 0 Å². The first kappa shape index (κ1) is 38.2. The summed E-state index contributed by atoms with van der Waals surface area (Å²) in [4.78, 5) is 60.9. The summed E-state index contributed by atoms with van der Waals surface area (Å²) in [5.41, 5.74) is 0.892. The van der Waals surface area contributed by atoms with Crippen LogP contribution in [-0.2, 0) is 41.7 Å². The first-order chi connectivity index (χ1) is 23.5. The molecule has 258 valence electrons. The van der Waals surface area contributed by atoms with Crippen LogP contribution >= 0.6 is 23.8 Å². The van der Waals surface area contributed by atoms with E-state index in [1.54, 1.807) is 45.0 Å². The van der Waals surface area contributed by atoms with Crippen molar-refractivity contribution >= 4 is 47.6 Å². The normalized spacial score (nSPS) is 10.4. The monoisotopic (exact) mass is 709 g/mol. The van der Waals surface area contributed by atoms with Gasteiger partial charge in [-0.05, 0) is 68.4 Å². The third-order valence-corrected chi connectivity index (χ3v) is 7.34. The summed E-state index contributed by atoms with van der Waals surface area (Å²) in [6.07, 6.45) is 0. The Morgan fingerprint density at radius 2 is 1.31 bits per heavy atom. The lowest BCUT2D eigenvalue weighted by molar-refractivity contribution is -0.164. The van der Waals surface area contributed by atoms with Gasteiger partial charge in [0.25, 0.3) is 5.56 Å². The average Bonchev–Trinajstić information content (AvgIpc) is 3.08. The van der Waals surface area contributed by atoms with Crippen molar-refractivity contribution in [3.05, 3.63) is 122 Å². The largest absolute Gasteiger partial charge is 0.494 e. The molecular formula is C35H36ClN3O9S. The second-order valence-corrected chi connectivity index (χ2v) is 10.8. The average molecular weight is 710 g/mol. The molecule has 1 heterocycles. The molecule has 0 bridgehead atoms. The fourth-order valence-electron chi connectivity index (χ4n) is 4.40. The Balaban J connectivity index is 0.000000278. The van der Waals surface area contributed by atoms with Crippen molar-refractivity contribution < 1.29 is 38.5 Å². The lowest BCUT2D eigenvalue weighted by Crippen LogP contribution is -2.41. The Bertz CT molecular complexity index is 1840. The minimum absolute atomic E-state index is 0.0433. The van der Waals surface area contributed by atoms with Crippen molar-refractivity contribution in [3.8, 4) is 11.6 Å². The zero-order chi connectivity index (χ0) is 35.9. The number of rotatable bonds is 12. The van der Waals surface area contributed by atoms with E-state index in [0.717, 1.165) is 11.1 Å². The molecule has 0 fully saturated rings. The van der Waals surface area contributed by atoms with Crippen molar-refractivity contribution in [1.29, 1.82) is 0 Å². The smallest absolute Gasteiger partial charge is 0.349 e. The van der Waals surface area contributed by atoms with Gasteiger partial charge in [0, 0.05) is 11.6 Å². The number of ether oxygens (including phenoxy) is 3. The van der Waals surface area contributed by atoms with Gasteiger partial charge in [-0.15, -0.1) is 0 Å². The van der Waals surface area contributed by atoms with Gasteiger partial charge >= 0.3 is 17.9 Å². The van der Waals surface area contributed by atoms with Crippen LogP contribution in [0.25, 0.3) is 5.69 Å². The predicted octanol–water partition coefficient (Wildman–Crippen LogP) is 5.00. The van der Waals surface area contributed by atoms with E-state index in [1.807, 2.05) is 60.7 Å². The Hall–Kier alpha value is -5.27. The molecule has 1 amide bonds. The quantitative estimate of drug-likeness (QED) is 0.0889. The SMILES string of the molecule is CCOC(=O)C(C(=O)NCc1ccccc1)C(=O)OCC.CCOC(=O)c1c(O)n(Cc2ccccc2)c(=S)n(-c2ccc(Cl)cc2)c1=O. The van der Waals surface area contributed by atoms with Gasteiger partial charge in [-0.1, -0.05) is 72.3 Å². The van der Waals surface area contributed by atoms with Gasteiger partial charge in [0.05, 0.1) is 32.1 Å². The molecule has 1 aromatic heterocycles. The molecule has 0 radical (unpaired) electrons. The molecule has 4 aromatic rings. The van der Waals surface area contributed by atoms with Crippen LogP contribution in [-0.4, -0.2) is 57.9 Å². The van der Waals surface area contributed by atoms with Crippen molar-refractivity contribution in [2.24, 2.45) is 5.92 Å². The standard InChI is InChI=1S/C20H17ClN2O4S.C15H19NO5/c1-2-27-19(26)16-17(24)22(12-13-6-4-3-5-7-13)20(28)23(18(16)25)15-10-8-14(21)9-11-15;1-3-20-14(18)12(15(19)21-4-2)13(17)16-10-11-8-6-5-7-9-11/h3-11,24H,2,12H2,1H3;5-9,12H,3-4,10H2,1-2H3,(H,16,17). The van der Waals surface area contributed by atoms with Gasteiger partial charge in [0.2, 0.25) is 17.7 Å². The van der Waals surface area contributed by atoms with E-state index in [-0.39, 0.29) is 37.7 Å². The number of hydrogen-bond acceptors (Lipinski definition) is 10. The minimum atomic E-state index is -1.59. The Kier molecular flexibility index (Phi) is 14.7. The number of nitrogens with zero attached hydrogens (tertiary/aromatic N) is 2. The van der Waals surface area contributed by atoms with E-state index in [4.69, 9.17) is 38.0 Å². The van der Waals surface area contributed by atoms with Crippen LogP contribution in [0.5, 0.6) is 5.88 Å². The summed E-state index contributed by atoms with van der Waals surface area (Å²) in [7, 11) is 0. The maximum atomic E-state index is 13.0. The van der Waals surface area contributed by atoms with Gasteiger partial charge in [0.15, 0.2) is 10.3 Å². The van der Waals surface area contributed by atoms with Gasteiger partial charge in [0.1, 0.15) is 0 Å². The molecule has 0 aliphatic rings. The number of benzene rings is 3. The highest BCUT2D eigenvalue weighted by Crippen LogP contribution is 2.21. The molecule has 12 nitrogen and oxygen atoms in total. The summed E-state index contributed by atoms with van der Waals surface area (Å²) in [6.45, 7) is 5.44. The molecule has 0 aliphatic carbocycles. The van der Waals surface area contributed by atoms with E-state index >= 15 is 0 Å². The number of esters is 3. The van der Waals surface area contributed by atoms with Crippen molar-refractivity contribution in [2.75, 3.05) is 19.8 Å². The van der Waals surface area contributed by atoms with Crippen LogP contribution in [0.1, 0.15) is 42.3 Å². The Morgan fingerprint density at radius 1 is 0.796 bits per heavy atom. The van der Waals surface area contributed by atoms with Crippen molar-refractivity contribution in [3.63, 3.8) is 0 Å². The molecule has 4 rings (SSSR count). The zero-order valence-electron chi connectivity index (χ0n) is 27.1. The number of aromatic hydroxyl groups is 1. The summed E-state index contributed by atoms with van der Waals surface area (Å²) in [5, 5.41) is 13.7. The van der Waals surface area contributed by atoms with Gasteiger partial charge in [-0.2, -0.15) is 0 Å². The highest BCUT2D eigenvalue weighted by atomic mass is 35.5. The van der Waals surface area contributed by atoms with Crippen LogP contribution in [0.15, 0.2) is 89.7 Å². The molecule has 14 heteroatoms. The van der Waals surface area contributed by atoms with Crippen LogP contribution in [0.2, 0.25) is 5.02 Å². The van der Waals surface area contributed by atoms with E-state index in [0.29, 0.717) is 10.7 Å². The first-order valence-electron chi connectivity index (χ1n) is 15.2. The summed E-state index contributed by atoms with van der Waals surface area (Å²) in [5.74, 6) is -5.56. The predicted molar refractivity (Wildman–Crippen MR) is 184 cm³/mol. The van der Waals surface area contributed by atoms with E-state index in [9.17, 15) is 29.1 Å². The topological polar surface area (TPSA) is 155 Å². The maximum absolute atomic E-state index is 13.0. The van der Waals surface area contributed by atoms with Crippen LogP contribution in [0, 0.1) is 10.7 Å². The third kappa shape index (κ3) is 10.4. The number of nitrogens with one attached hydrogen (secondary N) is 1. The second kappa shape index (κ2) is 18.9. The fraction of sp³-hybridized carbons (Fsp3) is 0.257. The second-order valence-electron chi connectivity index (χ2n) is 10.0. The molecule has 2 N–H and O–H groups in total. The number of aromatic nitrogens is 2. The van der Waals surface area contributed by atoms with E-state index in [1.165, 1.54) is 9.13 Å². The first-order valence-corrected chi connectivity index (χ1v) is 16.0. The van der Waals surface area contributed by atoms with E-state index in [2.05, 4.69) is 5.32 Å². The number of halogens is 1. The van der Waals surface area contributed by atoms with Crippen LogP contribution < -0.4 is 10.9 Å². The molecule has 0 saturated heterocycles. The molecular weight excluding hydrogens is 674 g/mol. The number of amides is 1. The number of carbonyl (C=O) groups is 4. The molecule has 0 spiro atoms. The zero-order valence-corrected chi connectivity index (χ0v) is 28.7. The Morgan fingerprint density at radius 3 is 1.82 bits per heavy atom. The lowest BCUT2D eigenvalue weighted by atomic mass is 10.1. The maximum Gasteiger partial charge on any atom is 0.349 e. The van der Waals surface area contributed by atoms with Crippen molar-refractivity contribution in [1.82, 2.24) is 14.5 Å². The number of carbonyl (C=O) groups excluding carboxylic acids is 4. The highest BCUT2D eigenvalue weighted by Gasteiger charge is 2.36. The molecule has 49 heavy (non-hydrogen) atoms. The van der Waals surface area contributed by atoms with E-state index < -0.39 is 46.7 Å². The summed E-state index contributed by atoms with van der Waals surface area (Å²) < 4.78 is 17.0.